The van der Waals surface area contributed by atoms with Crippen molar-refractivity contribution in [2.24, 2.45) is 5.14 Å². The number of aliphatic hydroxyl groups is 1. The summed E-state index contributed by atoms with van der Waals surface area (Å²) in [5, 5.41) is 16.9. The van der Waals surface area contributed by atoms with Gasteiger partial charge in [0, 0.05) is 6.61 Å². The Hall–Kier alpha value is -2.29. The highest BCUT2D eigenvalue weighted by Crippen LogP contribution is 2.20. The molecule has 0 bridgehead atoms. The Morgan fingerprint density at radius 3 is 2.44 bits per heavy atom. The standard InChI is InChI=1S/C17H19FN2O4S/c1-11-2-4-12(5-3-11)16(8-9-21)20-17(22)14-10-13(25(19,23)24)6-7-15(14)18/h2-7,10,16,21H,8-9H2,1H3,(H,20,22)(H2,19,23,24)/t16-/m1/s1. The summed E-state index contributed by atoms with van der Waals surface area (Å²) >= 11 is 0. The lowest BCUT2D eigenvalue weighted by atomic mass is 10.0. The minimum atomic E-state index is -4.06. The van der Waals surface area contributed by atoms with Crippen molar-refractivity contribution in [2.45, 2.75) is 24.3 Å². The van der Waals surface area contributed by atoms with Gasteiger partial charge >= 0.3 is 0 Å². The molecule has 2 aromatic carbocycles. The number of nitrogens with two attached hydrogens (primary N) is 1. The summed E-state index contributed by atoms with van der Waals surface area (Å²) in [5.74, 6) is -1.65. The maximum atomic E-state index is 14.0. The van der Waals surface area contributed by atoms with Gasteiger partial charge in [-0.05, 0) is 37.1 Å². The molecule has 1 atom stereocenters. The number of carbonyl (C=O) groups is 1. The highest BCUT2D eigenvalue weighted by Gasteiger charge is 2.20. The van der Waals surface area contributed by atoms with Crippen LogP contribution in [0.5, 0.6) is 0 Å². The molecular weight excluding hydrogens is 347 g/mol. The van der Waals surface area contributed by atoms with Crippen LogP contribution in [0.25, 0.3) is 0 Å². The van der Waals surface area contributed by atoms with Crippen LogP contribution in [0.3, 0.4) is 0 Å². The Balaban J connectivity index is 2.31. The van der Waals surface area contributed by atoms with E-state index in [1.807, 2.05) is 19.1 Å². The molecule has 2 rings (SSSR count). The van der Waals surface area contributed by atoms with E-state index in [1.54, 1.807) is 12.1 Å². The van der Waals surface area contributed by atoms with Gasteiger partial charge in [0.05, 0.1) is 16.5 Å². The molecule has 0 spiro atoms. The van der Waals surface area contributed by atoms with Gasteiger partial charge in [0.15, 0.2) is 0 Å². The van der Waals surface area contributed by atoms with Crippen LogP contribution >= 0.6 is 0 Å². The number of aryl methyl sites for hydroxylation is 1. The van der Waals surface area contributed by atoms with Gasteiger partial charge < -0.3 is 10.4 Å². The largest absolute Gasteiger partial charge is 0.396 e. The first-order chi connectivity index (χ1) is 11.7. The van der Waals surface area contributed by atoms with Gasteiger partial charge in [-0.1, -0.05) is 29.8 Å². The fourth-order valence-electron chi connectivity index (χ4n) is 2.34. The summed E-state index contributed by atoms with van der Waals surface area (Å²) in [6, 6.07) is 9.53. The topological polar surface area (TPSA) is 109 Å². The first-order valence-electron chi connectivity index (χ1n) is 7.53. The number of rotatable bonds is 6. The van der Waals surface area contributed by atoms with Crippen LogP contribution in [0, 0.1) is 12.7 Å². The fourth-order valence-corrected chi connectivity index (χ4v) is 2.88. The van der Waals surface area contributed by atoms with E-state index in [1.165, 1.54) is 0 Å². The molecule has 0 saturated carbocycles. The number of aliphatic hydroxyl groups excluding tert-OH is 1. The molecule has 0 radical (unpaired) electrons. The molecular formula is C17H19FN2O4S. The Bertz CT molecular complexity index is 867. The molecule has 4 N–H and O–H groups in total. The number of benzene rings is 2. The average molecular weight is 366 g/mol. The van der Waals surface area contributed by atoms with E-state index in [4.69, 9.17) is 5.14 Å². The summed E-state index contributed by atoms with van der Waals surface area (Å²) < 4.78 is 36.7. The first kappa shape index (κ1) is 19.0. The maximum Gasteiger partial charge on any atom is 0.254 e. The number of halogens is 1. The summed E-state index contributed by atoms with van der Waals surface area (Å²) in [5.41, 5.74) is 1.35. The Labute approximate surface area is 145 Å². The molecule has 0 unspecified atom stereocenters. The van der Waals surface area contributed by atoms with Crippen molar-refractivity contribution in [3.63, 3.8) is 0 Å². The van der Waals surface area contributed by atoms with Gasteiger partial charge in [-0.25, -0.2) is 17.9 Å². The molecule has 0 aliphatic heterocycles. The molecule has 6 nitrogen and oxygen atoms in total. The van der Waals surface area contributed by atoms with Crippen LogP contribution in [0.15, 0.2) is 47.4 Å². The van der Waals surface area contributed by atoms with Crippen LogP contribution in [0.4, 0.5) is 4.39 Å². The van der Waals surface area contributed by atoms with Crippen molar-refractivity contribution in [3.8, 4) is 0 Å². The number of hydrogen-bond donors (Lipinski definition) is 3. The lowest BCUT2D eigenvalue weighted by Crippen LogP contribution is -2.30. The number of carbonyl (C=O) groups excluding carboxylic acids is 1. The van der Waals surface area contributed by atoms with Crippen LogP contribution in [0.1, 0.15) is 33.9 Å². The third-order valence-electron chi connectivity index (χ3n) is 3.71. The van der Waals surface area contributed by atoms with Crippen molar-refractivity contribution in [2.75, 3.05) is 6.61 Å². The minimum absolute atomic E-state index is 0.182. The zero-order valence-corrected chi connectivity index (χ0v) is 14.4. The second kappa shape index (κ2) is 7.73. The average Bonchev–Trinajstić information content (AvgIpc) is 2.54. The Morgan fingerprint density at radius 1 is 1.24 bits per heavy atom. The molecule has 1 amide bonds. The maximum absolute atomic E-state index is 14.0. The second-order valence-electron chi connectivity index (χ2n) is 5.64. The monoisotopic (exact) mass is 366 g/mol. The summed E-state index contributed by atoms with van der Waals surface area (Å²) in [4.78, 5) is 12.0. The molecule has 25 heavy (non-hydrogen) atoms. The minimum Gasteiger partial charge on any atom is -0.396 e. The van der Waals surface area contributed by atoms with Gasteiger partial charge in [0.25, 0.3) is 5.91 Å². The summed E-state index contributed by atoms with van der Waals surface area (Å²) in [6.45, 7) is 1.73. The number of amides is 1. The Kier molecular flexibility index (Phi) is 5.89. The van der Waals surface area contributed by atoms with Crippen molar-refractivity contribution < 1.29 is 22.7 Å². The van der Waals surface area contributed by atoms with Gasteiger partial charge in [-0.15, -0.1) is 0 Å². The molecule has 0 saturated heterocycles. The third-order valence-corrected chi connectivity index (χ3v) is 4.62. The summed E-state index contributed by atoms with van der Waals surface area (Å²) in [6.07, 6.45) is 0.227. The Morgan fingerprint density at radius 2 is 1.88 bits per heavy atom. The first-order valence-corrected chi connectivity index (χ1v) is 9.07. The van der Waals surface area contributed by atoms with Crippen LogP contribution < -0.4 is 10.5 Å². The van der Waals surface area contributed by atoms with E-state index in [0.717, 1.165) is 29.3 Å². The van der Waals surface area contributed by atoms with Crippen molar-refractivity contribution in [1.29, 1.82) is 0 Å². The third kappa shape index (κ3) is 4.85. The summed E-state index contributed by atoms with van der Waals surface area (Å²) in [7, 11) is -4.06. The zero-order valence-electron chi connectivity index (χ0n) is 13.6. The van der Waals surface area contributed by atoms with Gasteiger partial charge in [0.2, 0.25) is 10.0 Å². The second-order valence-corrected chi connectivity index (χ2v) is 7.20. The molecule has 8 heteroatoms. The SMILES string of the molecule is Cc1ccc([C@@H](CCO)NC(=O)c2cc(S(N)(=O)=O)ccc2F)cc1. The predicted octanol–water partition coefficient (Wildman–Crippen LogP) is 1.64. The lowest BCUT2D eigenvalue weighted by Gasteiger charge is -2.19. The number of hydrogen-bond acceptors (Lipinski definition) is 4. The molecule has 134 valence electrons. The van der Waals surface area contributed by atoms with Crippen LogP contribution in [0.2, 0.25) is 0 Å². The molecule has 0 fully saturated rings. The molecule has 0 aliphatic rings. The zero-order chi connectivity index (χ0) is 18.6. The van der Waals surface area contributed by atoms with E-state index in [2.05, 4.69) is 5.32 Å². The quantitative estimate of drug-likeness (QED) is 0.722. The molecule has 0 heterocycles. The van der Waals surface area contributed by atoms with E-state index in [0.29, 0.717) is 0 Å². The van der Waals surface area contributed by atoms with E-state index >= 15 is 0 Å². The van der Waals surface area contributed by atoms with E-state index < -0.39 is 33.4 Å². The smallest absolute Gasteiger partial charge is 0.254 e. The number of sulfonamides is 1. The molecule has 2 aromatic rings. The normalized spacial score (nSPS) is 12.6. The van der Waals surface area contributed by atoms with Gasteiger partial charge in [-0.2, -0.15) is 0 Å². The predicted molar refractivity (Wildman–Crippen MR) is 90.9 cm³/mol. The van der Waals surface area contributed by atoms with Crippen molar-refractivity contribution in [1.82, 2.24) is 5.32 Å². The van der Waals surface area contributed by atoms with E-state index in [9.17, 15) is 22.7 Å². The molecule has 0 aliphatic carbocycles. The van der Waals surface area contributed by atoms with E-state index in [-0.39, 0.29) is 17.9 Å². The molecule has 0 aromatic heterocycles. The number of primary sulfonamides is 1. The number of nitrogens with one attached hydrogen (secondary N) is 1. The fraction of sp³-hybridized carbons (Fsp3) is 0.235. The van der Waals surface area contributed by atoms with Crippen LogP contribution in [-0.2, 0) is 10.0 Å². The highest BCUT2D eigenvalue weighted by molar-refractivity contribution is 7.89. The van der Waals surface area contributed by atoms with Crippen molar-refractivity contribution in [3.05, 3.63) is 65.0 Å². The van der Waals surface area contributed by atoms with Crippen molar-refractivity contribution >= 4 is 15.9 Å². The van der Waals surface area contributed by atoms with Gasteiger partial charge in [0.1, 0.15) is 5.82 Å². The van der Waals surface area contributed by atoms with Gasteiger partial charge in [-0.3, -0.25) is 4.79 Å². The lowest BCUT2D eigenvalue weighted by molar-refractivity contribution is 0.0925. The highest BCUT2D eigenvalue weighted by atomic mass is 32.2. The van der Waals surface area contributed by atoms with Crippen LogP contribution in [-0.4, -0.2) is 26.0 Å².